The highest BCUT2D eigenvalue weighted by Gasteiger charge is 2.30. The largest absolute Gasteiger partial charge is 0.496 e. The molecule has 0 atom stereocenters. The molecule has 6 nitrogen and oxygen atoms in total. The van der Waals surface area contributed by atoms with Crippen LogP contribution in [0.15, 0.2) is 56.7 Å². The second kappa shape index (κ2) is 11.9. The number of methoxy groups -OCH3 is 1. The summed E-state index contributed by atoms with van der Waals surface area (Å²) in [4.78, 5) is 30.9. The van der Waals surface area contributed by atoms with Gasteiger partial charge >= 0.3 is 0 Å². The van der Waals surface area contributed by atoms with Crippen LogP contribution in [0.4, 0.5) is 5.69 Å². The lowest BCUT2D eigenvalue weighted by Crippen LogP contribution is -3.12. The molecule has 0 aliphatic carbocycles. The van der Waals surface area contributed by atoms with Gasteiger partial charge in [-0.15, -0.1) is 0 Å². The van der Waals surface area contributed by atoms with Crippen LogP contribution in [0, 0.1) is 0 Å². The van der Waals surface area contributed by atoms with Crippen molar-refractivity contribution in [2.45, 2.75) is 30.6 Å². The Hall–Kier alpha value is -2.29. The molecule has 1 fully saturated rings. The first kappa shape index (κ1) is 24.8. The Morgan fingerprint density at radius 1 is 1.18 bits per heavy atom. The van der Waals surface area contributed by atoms with Gasteiger partial charge in [0.15, 0.2) is 0 Å². The maximum atomic E-state index is 13.4. The Morgan fingerprint density at radius 2 is 1.94 bits per heavy atom. The standard InChI is InChI=1S/C26H30BrN3O3S/c1-33-22-11-10-19(16-20(22)27)17-24-26(32)30(21-8-4-5-9-23(21)34-24)18-25(31)28-12-15-29-13-6-2-3-7-14-29/h4-5,8-11,16-17H,2-3,6-7,12-15,18H2,1H3,(H,28,31)/p+1. The van der Waals surface area contributed by atoms with Crippen molar-refractivity contribution in [1.29, 1.82) is 0 Å². The molecule has 4 rings (SSSR count). The lowest BCUT2D eigenvalue weighted by Gasteiger charge is -2.30. The van der Waals surface area contributed by atoms with Crippen molar-refractivity contribution < 1.29 is 19.2 Å². The molecule has 0 aromatic heterocycles. The maximum Gasteiger partial charge on any atom is 0.265 e. The van der Waals surface area contributed by atoms with Gasteiger partial charge in [-0.05, 0) is 77.5 Å². The Kier molecular flexibility index (Phi) is 8.69. The summed E-state index contributed by atoms with van der Waals surface area (Å²) in [5, 5.41) is 3.03. The molecule has 0 bridgehead atoms. The normalized spacial score (nSPS) is 17.9. The number of nitrogens with one attached hydrogen (secondary N) is 2. The van der Waals surface area contributed by atoms with Gasteiger partial charge in [-0.25, -0.2) is 0 Å². The van der Waals surface area contributed by atoms with E-state index in [2.05, 4.69) is 21.2 Å². The predicted molar refractivity (Wildman–Crippen MR) is 140 cm³/mol. The van der Waals surface area contributed by atoms with Crippen LogP contribution < -0.4 is 19.9 Å². The molecule has 2 amide bonds. The predicted octanol–water partition coefficient (Wildman–Crippen LogP) is 3.51. The van der Waals surface area contributed by atoms with Crippen LogP contribution in [0.25, 0.3) is 6.08 Å². The summed E-state index contributed by atoms with van der Waals surface area (Å²) in [6.45, 7) is 3.94. The summed E-state index contributed by atoms with van der Waals surface area (Å²) in [5.41, 5.74) is 1.66. The minimum absolute atomic E-state index is 0.00931. The van der Waals surface area contributed by atoms with E-state index < -0.39 is 0 Å². The van der Waals surface area contributed by atoms with Crippen LogP contribution in [-0.2, 0) is 9.59 Å². The number of amides is 2. The van der Waals surface area contributed by atoms with Gasteiger partial charge in [0.2, 0.25) is 5.91 Å². The number of hydrogen-bond acceptors (Lipinski definition) is 4. The summed E-state index contributed by atoms with van der Waals surface area (Å²) >= 11 is 4.94. The number of rotatable bonds is 7. The Labute approximate surface area is 213 Å². The number of nitrogens with zero attached hydrogens (tertiary/aromatic N) is 1. The number of benzene rings is 2. The lowest BCUT2D eigenvalue weighted by atomic mass is 10.2. The molecule has 2 heterocycles. The summed E-state index contributed by atoms with van der Waals surface area (Å²) in [6.07, 6.45) is 7.02. The molecule has 8 heteroatoms. The summed E-state index contributed by atoms with van der Waals surface area (Å²) < 4.78 is 6.12. The fourth-order valence-corrected chi connectivity index (χ4v) is 6.02. The molecule has 0 radical (unpaired) electrons. The average Bonchev–Trinajstić information content (AvgIpc) is 3.11. The SMILES string of the molecule is COc1ccc(C=C2Sc3ccccc3N(CC(=O)NCC[NH+]3CCCCCC3)C2=O)cc1Br. The van der Waals surface area contributed by atoms with Gasteiger partial charge in [-0.1, -0.05) is 30.0 Å². The molecule has 2 N–H and O–H groups in total. The zero-order valence-corrected chi connectivity index (χ0v) is 21.8. The van der Waals surface area contributed by atoms with E-state index in [1.165, 1.54) is 50.5 Å². The zero-order chi connectivity index (χ0) is 23.9. The van der Waals surface area contributed by atoms with Crippen molar-refractivity contribution in [3.63, 3.8) is 0 Å². The van der Waals surface area contributed by atoms with E-state index in [0.717, 1.165) is 32.9 Å². The van der Waals surface area contributed by atoms with Crippen molar-refractivity contribution in [2.75, 3.05) is 44.7 Å². The first-order valence-electron chi connectivity index (χ1n) is 11.8. The molecule has 1 saturated heterocycles. The monoisotopic (exact) mass is 544 g/mol. The van der Waals surface area contributed by atoms with Gasteiger partial charge in [0.25, 0.3) is 5.91 Å². The molecule has 180 valence electrons. The maximum absolute atomic E-state index is 13.4. The molecule has 34 heavy (non-hydrogen) atoms. The second-order valence-electron chi connectivity index (χ2n) is 8.63. The number of carbonyl (C=O) groups is 2. The summed E-state index contributed by atoms with van der Waals surface area (Å²) in [7, 11) is 1.62. The number of para-hydroxylation sites is 1. The smallest absolute Gasteiger partial charge is 0.265 e. The topological polar surface area (TPSA) is 63.1 Å². The quantitative estimate of drug-likeness (QED) is 0.523. The van der Waals surface area contributed by atoms with Crippen LogP contribution in [0.2, 0.25) is 0 Å². The Bertz CT molecular complexity index is 1070. The third-order valence-corrected chi connectivity index (χ3v) is 7.92. The van der Waals surface area contributed by atoms with Crippen molar-refractivity contribution in [2.24, 2.45) is 0 Å². The van der Waals surface area contributed by atoms with E-state index in [-0.39, 0.29) is 18.4 Å². The summed E-state index contributed by atoms with van der Waals surface area (Å²) in [6, 6.07) is 13.4. The molecule has 2 aliphatic heterocycles. The van der Waals surface area contributed by atoms with Crippen LogP contribution in [0.5, 0.6) is 5.75 Å². The van der Waals surface area contributed by atoms with Gasteiger partial charge < -0.3 is 15.0 Å². The van der Waals surface area contributed by atoms with Crippen molar-refractivity contribution in [3.05, 3.63) is 57.4 Å². The average molecular weight is 546 g/mol. The van der Waals surface area contributed by atoms with Crippen molar-refractivity contribution >= 4 is 51.3 Å². The van der Waals surface area contributed by atoms with Gasteiger partial charge in [0.05, 0.1) is 48.4 Å². The first-order valence-corrected chi connectivity index (χ1v) is 13.4. The molecule has 0 unspecified atom stereocenters. The van der Waals surface area contributed by atoms with Crippen LogP contribution >= 0.6 is 27.7 Å². The number of thioether (sulfide) groups is 1. The summed E-state index contributed by atoms with van der Waals surface area (Å²) in [5.74, 6) is 0.440. The van der Waals surface area contributed by atoms with Crippen molar-refractivity contribution in [1.82, 2.24) is 5.32 Å². The molecule has 0 spiro atoms. The number of carbonyl (C=O) groups excluding carboxylic acids is 2. The third-order valence-electron chi connectivity index (χ3n) is 6.22. The highest BCUT2D eigenvalue weighted by molar-refractivity contribution is 9.10. The minimum atomic E-state index is -0.163. The molecule has 0 saturated carbocycles. The number of anilines is 1. The third kappa shape index (κ3) is 6.23. The van der Waals surface area contributed by atoms with Crippen LogP contribution in [-0.4, -0.2) is 51.6 Å². The highest BCUT2D eigenvalue weighted by Crippen LogP contribution is 2.42. The van der Waals surface area contributed by atoms with E-state index in [4.69, 9.17) is 4.74 Å². The number of likely N-dealkylation sites (tertiary alicyclic amines) is 1. The van der Waals surface area contributed by atoms with E-state index in [1.54, 1.807) is 16.9 Å². The molecular weight excluding hydrogens is 514 g/mol. The van der Waals surface area contributed by atoms with Gasteiger partial charge in [-0.3, -0.25) is 14.5 Å². The Balaban J connectivity index is 1.45. The van der Waals surface area contributed by atoms with E-state index in [0.29, 0.717) is 11.4 Å². The molecule has 2 aromatic rings. The van der Waals surface area contributed by atoms with E-state index in [9.17, 15) is 9.59 Å². The number of ether oxygens (including phenoxy) is 1. The van der Waals surface area contributed by atoms with Crippen LogP contribution in [0.3, 0.4) is 0 Å². The van der Waals surface area contributed by atoms with Gasteiger partial charge in [-0.2, -0.15) is 0 Å². The number of fused-ring (bicyclic) bond motifs is 1. The molecule has 2 aromatic carbocycles. The van der Waals surface area contributed by atoms with Gasteiger partial charge in [0, 0.05) is 4.90 Å². The van der Waals surface area contributed by atoms with Gasteiger partial charge in [0.1, 0.15) is 12.3 Å². The first-order chi connectivity index (χ1) is 16.5. The lowest BCUT2D eigenvalue weighted by molar-refractivity contribution is -0.898. The minimum Gasteiger partial charge on any atom is -0.496 e. The second-order valence-corrected chi connectivity index (χ2v) is 10.6. The fourth-order valence-electron chi connectivity index (χ4n) is 4.40. The van der Waals surface area contributed by atoms with Crippen LogP contribution in [0.1, 0.15) is 31.2 Å². The number of halogens is 1. The fraction of sp³-hybridized carbons (Fsp3) is 0.385. The number of quaternary nitrogens is 1. The van der Waals surface area contributed by atoms with E-state index in [1.807, 2.05) is 48.5 Å². The molecular formula is C26H31BrN3O3S+. The van der Waals surface area contributed by atoms with Crippen molar-refractivity contribution in [3.8, 4) is 5.75 Å². The zero-order valence-electron chi connectivity index (χ0n) is 19.4. The number of hydrogen-bond donors (Lipinski definition) is 2. The highest BCUT2D eigenvalue weighted by atomic mass is 79.9. The Morgan fingerprint density at radius 3 is 2.68 bits per heavy atom. The van der Waals surface area contributed by atoms with E-state index >= 15 is 0 Å². The molecule has 2 aliphatic rings.